The molecule has 0 radical (unpaired) electrons. The van der Waals surface area contributed by atoms with Gasteiger partial charge in [0.15, 0.2) is 0 Å². The molecule has 0 bridgehead atoms. The maximum atomic E-state index is 11.2. The first-order chi connectivity index (χ1) is 7.16. The van der Waals surface area contributed by atoms with Crippen LogP contribution in [0, 0.1) is 0 Å². The average molecular weight is 212 g/mol. The lowest BCUT2D eigenvalue weighted by Gasteiger charge is -2.00. The highest BCUT2D eigenvalue weighted by molar-refractivity contribution is 5.78. The molecule has 0 aliphatic heterocycles. The molecule has 0 saturated heterocycles. The van der Waals surface area contributed by atoms with Crippen molar-refractivity contribution in [3.05, 3.63) is 0 Å². The van der Waals surface area contributed by atoms with Crippen LogP contribution in [0.4, 0.5) is 0 Å². The lowest BCUT2D eigenvalue weighted by molar-refractivity contribution is -0.119. The predicted octanol–water partition coefficient (Wildman–Crippen LogP) is 3.68. The summed E-state index contributed by atoms with van der Waals surface area (Å²) in [6.45, 7) is 3.68. The summed E-state index contributed by atoms with van der Waals surface area (Å²) >= 11 is 0. The molecule has 88 valence electrons. The van der Waals surface area contributed by atoms with Crippen LogP contribution in [-0.4, -0.2) is 11.6 Å². The lowest BCUT2D eigenvalue weighted by Crippen LogP contribution is -1.96. The second-order valence-corrected chi connectivity index (χ2v) is 4.26. The summed E-state index contributed by atoms with van der Waals surface area (Å²) in [5.41, 5.74) is 0. The van der Waals surface area contributed by atoms with E-state index in [4.69, 9.17) is 0 Å². The van der Waals surface area contributed by atoms with Crippen molar-refractivity contribution in [1.29, 1.82) is 0 Å². The van der Waals surface area contributed by atoms with Crippen LogP contribution in [-0.2, 0) is 9.59 Å². The van der Waals surface area contributed by atoms with Crippen LogP contribution in [0.25, 0.3) is 0 Å². The van der Waals surface area contributed by atoms with E-state index in [1.54, 1.807) is 6.92 Å². The summed E-state index contributed by atoms with van der Waals surface area (Å²) < 4.78 is 0. The van der Waals surface area contributed by atoms with Crippen molar-refractivity contribution in [3.63, 3.8) is 0 Å². The highest BCUT2D eigenvalue weighted by atomic mass is 16.1. The Bertz CT molecular complexity index is 185. The van der Waals surface area contributed by atoms with Gasteiger partial charge in [-0.1, -0.05) is 26.2 Å². The lowest BCUT2D eigenvalue weighted by atomic mass is 10.1. The first-order valence-corrected chi connectivity index (χ1v) is 6.18. The molecular formula is C13H24O2. The molecule has 15 heavy (non-hydrogen) atoms. The highest BCUT2D eigenvalue weighted by Gasteiger charge is 1.99. The Balaban J connectivity index is 3.11. The van der Waals surface area contributed by atoms with Crippen LogP contribution in [0.15, 0.2) is 0 Å². The van der Waals surface area contributed by atoms with E-state index in [-0.39, 0.29) is 5.78 Å². The second-order valence-electron chi connectivity index (χ2n) is 4.26. The van der Waals surface area contributed by atoms with Gasteiger partial charge in [-0.15, -0.1) is 0 Å². The molecule has 0 aromatic rings. The van der Waals surface area contributed by atoms with Crippen molar-refractivity contribution < 1.29 is 9.59 Å². The molecule has 0 spiro atoms. The fourth-order valence-corrected chi connectivity index (χ4v) is 1.63. The third-order valence-corrected chi connectivity index (χ3v) is 2.51. The van der Waals surface area contributed by atoms with Crippen LogP contribution in [0.3, 0.4) is 0 Å². The van der Waals surface area contributed by atoms with Crippen LogP contribution in [0.5, 0.6) is 0 Å². The molecule has 0 atom stereocenters. The van der Waals surface area contributed by atoms with Gasteiger partial charge < -0.3 is 4.79 Å². The van der Waals surface area contributed by atoms with Crippen LogP contribution in [0.2, 0.25) is 0 Å². The standard InChI is InChI=1S/C13H24O2/c1-3-9-13(15)11-8-6-4-5-7-10-12(2)14/h3-11H2,1-2H3. The maximum Gasteiger partial charge on any atom is 0.132 e. The third kappa shape index (κ3) is 11.3. The smallest absolute Gasteiger partial charge is 0.132 e. The normalized spacial score (nSPS) is 10.3. The number of Topliss-reactive ketones (excluding diaryl/α,β-unsaturated/α-hetero) is 2. The van der Waals surface area contributed by atoms with E-state index in [2.05, 4.69) is 0 Å². The van der Waals surface area contributed by atoms with Crippen molar-refractivity contribution in [1.82, 2.24) is 0 Å². The Labute approximate surface area is 93.4 Å². The number of hydrogen-bond donors (Lipinski definition) is 0. The molecule has 0 aliphatic carbocycles. The monoisotopic (exact) mass is 212 g/mol. The van der Waals surface area contributed by atoms with Gasteiger partial charge in [-0.3, -0.25) is 4.79 Å². The Morgan fingerprint density at radius 3 is 1.87 bits per heavy atom. The molecule has 0 aromatic heterocycles. The Kier molecular flexibility index (Phi) is 9.44. The maximum absolute atomic E-state index is 11.2. The molecule has 2 nitrogen and oxygen atoms in total. The minimum atomic E-state index is 0.285. The summed E-state index contributed by atoms with van der Waals surface area (Å²) in [6.07, 6.45) is 8.63. The Morgan fingerprint density at radius 2 is 1.33 bits per heavy atom. The average Bonchev–Trinajstić information content (AvgIpc) is 2.16. The van der Waals surface area contributed by atoms with Crippen molar-refractivity contribution in [3.8, 4) is 0 Å². The largest absolute Gasteiger partial charge is 0.300 e. The number of rotatable bonds is 10. The van der Waals surface area contributed by atoms with E-state index in [1.807, 2.05) is 6.92 Å². The molecule has 2 heteroatoms. The predicted molar refractivity (Wildman–Crippen MR) is 62.9 cm³/mol. The van der Waals surface area contributed by atoms with Gasteiger partial charge in [0.25, 0.3) is 0 Å². The first-order valence-electron chi connectivity index (χ1n) is 6.18. The van der Waals surface area contributed by atoms with E-state index in [0.29, 0.717) is 5.78 Å². The molecule has 0 aromatic carbocycles. The van der Waals surface area contributed by atoms with Crippen molar-refractivity contribution >= 4 is 11.6 Å². The molecule has 0 saturated carbocycles. The molecule has 0 rings (SSSR count). The van der Waals surface area contributed by atoms with E-state index in [9.17, 15) is 9.59 Å². The number of hydrogen-bond acceptors (Lipinski definition) is 2. The number of carbonyl (C=O) groups is 2. The van der Waals surface area contributed by atoms with Gasteiger partial charge in [-0.25, -0.2) is 0 Å². The minimum Gasteiger partial charge on any atom is -0.300 e. The zero-order valence-electron chi connectivity index (χ0n) is 10.2. The minimum absolute atomic E-state index is 0.285. The van der Waals surface area contributed by atoms with Crippen LogP contribution >= 0.6 is 0 Å². The van der Waals surface area contributed by atoms with Gasteiger partial charge in [0, 0.05) is 19.3 Å². The van der Waals surface area contributed by atoms with Gasteiger partial charge in [-0.05, 0) is 26.2 Å². The Morgan fingerprint density at radius 1 is 0.800 bits per heavy atom. The fraction of sp³-hybridized carbons (Fsp3) is 0.846. The molecule has 0 fully saturated rings. The summed E-state index contributed by atoms with van der Waals surface area (Å²) in [7, 11) is 0. The summed E-state index contributed by atoms with van der Waals surface area (Å²) in [5.74, 6) is 0.689. The van der Waals surface area contributed by atoms with Gasteiger partial charge in [0.2, 0.25) is 0 Å². The zero-order valence-corrected chi connectivity index (χ0v) is 10.2. The number of carbonyl (C=O) groups excluding carboxylic acids is 2. The van der Waals surface area contributed by atoms with Crippen LogP contribution in [0.1, 0.15) is 71.6 Å². The summed E-state index contributed by atoms with van der Waals surface area (Å²) in [4.78, 5) is 21.8. The van der Waals surface area contributed by atoms with Gasteiger partial charge in [-0.2, -0.15) is 0 Å². The Hall–Kier alpha value is -0.660. The third-order valence-electron chi connectivity index (χ3n) is 2.51. The molecule has 0 amide bonds. The summed E-state index contributed by atoms with van der Waals surface area (Å²) in [5, 5.41) is 0. The van der Waals surface area contributed by atoms with Gasteiger partial charge in [0.05, 0.1) is 0 Å². The van der Waals surface area contributed by atoms with Crippen LogP contribution < -0.4 is 0 Å². The quantitative estimate of drug-likeness (QED) is 0.518. The molecule has 0 heterocycles. The fourth-order valence-electron chi connectivity index (χ4n) is 1.63. The summed E-state index contributed by atoms with van der Waals surface area (Å²) in [6, 6.07) is 0. The number of unbranched alkanes of at least 4 members (excludes halogenated alkanes) is 4. The second kappa shape index (κ2) is 9.88. The topological polar surface area (TPSA) is 34.1 Å². The zero-order chi connectivity index (χ0) is 11.5. The van der Waals surface area contributed by atoms with Crippen molar-refractivity contribution in [2.75, 3.05) is 0 Å². The SMILES string of the molecule is CCCC(=O)CCCCCCCC(C)=O. The van der Waals surface area contributed by atoms with Crippen molar-refractivity contribution in [2.45, 2.75) is 71.6 Å². The van der Waals surface area contributed by atoms with E-state index in [0.717, 1.165) is 57.8 Å². The molecular weight excluding hydrogens is 188 g/mol. The highest BCUT2D eigenvalue weighted by Crippen LogP contribution is 2.08. The molecule has 0 N–H and O–H groups in total. The number of ketones is 2. The van der Waals surface area contributed by atoms with Gasteiger partial charge in [0.1, 0.15) is 11.6 Å². The van der Waals surface area contributed by atoms with E-state index >= 15 is 0 Å². The molecule has 0 unspecified atom stereocenters. The molecule has 0 aliphatic rings. The first kappa shape index (κ1) is 14.3. The van der Waals surface area contributed by atoms with E-state index < -0.39 is 0 Å². The van der Waals surface area contributed by atoms with Gasteiger partial charge >= 0.3 is 0 Å². The van der Waals surface area contributed by atoms with E-state index in [1.165, 1.54) is 0 Å². The van der Waals surface area contributed by atoms with Crippen molar-refractivity contribution in [2.24, 2.45) is 0 Å².